The third kappa shape index (κ3) is 5.48. The summed E-state index contributed by atoms with van der Waals surface area (Å²) in [5.74, 6) is 0.529. The van der Waals surface area contributed by atoms with Crippen molar-refractivity contribution in [2.45, 2.75) is 103 Å². The maximum atomic E-state index is 6.57. The fraction of sp³-hybridized carbons (Fsp3) is 0.667. The molecule has 4 fully saturated rings. The van der Waals surface area contributed by atoms with E-state index in [1.54, 1.807) is 0 Å². The third-order valence-electron chi connectivity index (χ3n) is 9.61. The molecular formula is C30H46B2CoO5-. The van der Waals surface area contributed by atoms with Crippen LogP contribution in [0.4, 0.5) is 0 Å². The largest absolute Gasteiger partial charge is 0.491 e. The predicted octanol–water partition coefficient (Wildman–Crippen LogP) is 6.46. The molecule has 0 N–H and O–H groups in total. The van der Waals surface area contributed by atoms with E-state index in [-0.39, 0.29) is 72.7 Å². The zero-order valence-corrected chi connectivity index (χ0v) is 25.9. The van der Waals surface area contributed by atoms with Gasteiger partial charge in [-0.15, -0.1) is 0 Å². The fourth-order valence-electron chi connectivity index (χ4n) is 6.05. The Morgan fingerprint density at radius 1 is 0.605 bits per heavy atom. The van der Waals surface area contributed by atoms with Crippen molar-refractivity contribution in [1.29, 1.82) is 0 Å². The topological polar surface area (TPSA) is 46.2 Å². The first-order valence-corrected chi connectivity index (χ1v) is 13.8. The number of allylic oxidation sites excluding steroid dienone is 6. The van der Waals surface area contributed by atoms with E-state index in [9.17, 15) is 0 Å². The van der Waals surface area contributed by atoms with Gasteiger partial charge in [-0.25, -0.2) is 0 Å². The van der Waals surface area contributed by atoms with Crippen molar-refractivity contribution in [2.24, 2.45) is 11.8 Å². The number of hydrogen-bond acceptors (Lipinski definition) is 5. The second-order valence-electron chi connectivity index (χ2n) is 13.0. The van der Waals surface area contributed by atoms with Crippen LogP contribution in [0.2, 0.25) is 0 Å². The molecule has 0 unspecified atom stereocenters. The van der Waals surface area contributed by atoms with E-state index >= 15 is 0 Å². The van der Waals surface area contributed by atoms with Crippen molar-refractivity contribution >= 4 is 14.2 Å². The van der Waals surface area contributed by atoms with E-state index in [1.807, 2.05) is 30.7 Å². The van der Waals surface area contributed by atoms with E-state index < -0.39 is 0 Å². The standard InChI is InChI=1S/C24H38B2O5.C5H5.CH3.Co/c1-21(2)22(3,4)29-25(28-21)19-15-11-9-10-12-16(15)20(18-14-27-13-17(18)19)26-30-23(5,6)24(7,8)31-26;1-2-4-5-3-1;;/h17-18H,9-14H2,1-8H3;1-5H;1H3;/q;;-1;/t17-,18+;;;. The van der Waals surface area contributed by atoms with Crippen molar-refractivity contribution in [3.05, 3.63) is 60.2 Å². The van der Waals surface area contributed by atoms with Crippen molar-refractivity contribution in [3.8, 4) is 0 Å². The Morgan fingerprint density at radius 2 is 0.947 bits per heavy atom. The Labute approximate surface area is 242 Å². The van der Waals surface area contributed by atoms with Gasteiger partial charge < -0.3 is 30.8 Å². The van der Waals surface area contributed by atoms with Gasteiger partial charge in [-0.3, -0.25) is 0 Å². The van der Waals surface area contributed by atoms with Crippen LogP contribution in [0, 0.1) is 25.7 Å². The van der Waals surface area contributed by atoms with E-state index in [0.29, 0.717) is 13.2 Å². The van der Waals surface area contributed by atoms with Crippen LogP contribution in [0.25, 0.3) is 0 Å². The molecular weight excluding hydrogens is 521 g/mol. The van der Waals surface area contributed by atoms with Gasteiger partial charge >= 0.3 is 14.2 Å². The van der Waals surface area contributed by atoms with Crippen LogP contribution in [0.5, 0.6) is 0 Å². The molecule has 3 heterocycles. The SMILES string of the molecule is CC1(C)OB(C2=C3CCCCC3=C(B3OC(C)(C)C(C)(C)O3)[C@@H]3COC[C@H]23)OC1(C)C.[CH3-].[CH]1C=CC=C1.[Co]. The monoisotopic (exact) mass is 567 g/mol. The number of fused-ring (bicyclic) bond motifs is 2. The molecule has 0 aromatic heterocycles. The molecule has 0 aromatic carbocycles. The zero-order chi connectivity index (χ0) is 25.9. The summed E-state index contributed by atoms with van der Waals surface area (Å²) in [5, 5.41) is 0. The van der Waals surface area contributed by atoms with E-state index in [1.165, 1.54) is 34.9 Å². The van der Waals surface area contributed by atoms with Crippen molar-refractivity contribution in [2.75, 3.05) is 13.2 Å². The summed E-state index contributed by atoms with van der Waals surface area (Å²) in [5.41, 5.74) is 4.15. The van der Waals surface area contributed by atoms with Crippen molar-refractivity contribution < 1.29 is 40.1 Å². The van der Waals surface area contributed by atoms with Crippen LogP contribution in [-0.2, 0) is 40.1 Å². The van der Waals surface area contributed by atoms with Gasteiger partial charge in [0.2, 0.25) is 0 Å². The molecule has 3 aliphatic carbocycles. The molecule has 8 heteroatoms. The quantitative estimate of drug-likeness (QED) is 0.284. The molecule has 0 bridgehead atoms. The van der Waals surface area contributed by atoms with Crippen LogP contribution >= 0.6 is 0 Å². The first-order chi connectivity index (χ1) is 16.8. The van der Waals surface area contributed by atoms with Gasteiger partial charge in [0.15, 0.2) is 0 Å². The van der Waals surface area contributed by atoms with E-state index in [0.717, 1.165) is 12.8 Å². The Morgan fingerprint density at radius 3 is 1.24 bits per heavy atom. The summed E-state index contributed by atoms with van der Waals surface area (Å²) in [7, 11) is -0.607. The molecule has 3 saturated heterocycles. The molecule has 212 valence electrons. The van der Waals surface area contributed by atoms with Crippen LogP contribution in [0.1, 0.15) is 81.1 Å². The van der Waals surface area contributed by atoms with Gasteiger partial charge in [0.25, 0.3) is 0 Å². The van der Waals surface area contributed by atoms with Gasteiger partial charge in [0.1, 0.15) is 0 Å². The molecule has 2 radical (unpaired) electrons. The summed E-state index contributed by atoms with van der Waals surface area (Å²) in [6.45, 7) is 18.5. The summed E-state index contributed by atoms with van der Waals surface area (Å²) >= 11 is 0. The normalized spacial score (nSPS) is 31.4. The first-order valence-electron chi connectivity index (χ1n) is 13.8. The fourth-order valence-corrected chi connectivity index (χ4v) is 6.05. The molecule has 1 saturated carbocycles. The molecule has 0 amide bonds. The van der Waals surface area contributed by atoms with Gasteiger partial charge in [-0.05, 0) is 103 Å². The van der Waals surface area contributed by atoms with Crippen molar-refractivity contribution in [1.82, 2.24) is 0 Å². The Kier molecular flexibility index (Phi) is 9.53. The second-order valence-corrected chi connectivity index (χ2v) is 13.0. The van der Waals surface area contributed by atoms with Gasteiger partial charge in [-0.1, -0.05) is 24.3 Å². The molecule has 5 nitrogen and oxygen atoms in total. The van der Waals surface area contributed by atoms with Gasteiger partial charge in [0.05, 0.1) is 35.6 Å². The van der Waals surface area contributed by atoms with Crippen LogP contribution < -0.4 is 0 Å². The smallest absolute Gasteiger partial charge is 0.400 e. The van der Waals surface area contributed by atoms with Crippen LogP contribution in [-0.4, -0.2) is 49.9 Å². The maximum absolute atomic E-state index is 6.57. The number of ether oxygens (including phenoxy) is 1. The summed E-state index contributed by atoms with van der Waals surface area (Å²) in [6.07, 6.45) is 14.6. The van der Waals surface area contributed by atoms with E-state index in [2.05, 4.69) is 55.4 Å². The first kappa shape index (κ1) is 31.9. The minimum Gasteiger partial charge on any atom is -0.400 e. The predicted molar refractivity (Wildman–Crippen MR) is 151 cm³/mol. The Bertz CT molecular complexity index is 900. The number of hydrogen-bond donors (Lipinski definition) is 0. The molecule has 0 aromatic rings. The average Bonchev–Trinajstić information content (AvgIpc) is 3.55. The minimum absolute atomic E-state index is 0. The summed E-state index contributed by atoms with van der Waals surface area (Å²) < 4.78 is 32.4. The maximum Gasteiger partial charge on any atom is 0.491 e. The van der Waals surface area contributed by atoms with E-state index in [4.69, 9.17) is 23.4 Å². The number of rotatable bonds is 2. The molecule has 6 rings (SSSR count). The second kappa shape index (κ2) is 11.3. The third-order valence-corrected chi connectivity index (χ3v) is 9.61. The Hall–Kier alpha value is -0.604. The average molecular weight is 567 g/mol. The molecule has 38 heavy (non-hydrogen) atoms. The summed E-state index contributed by atoms with van der Waals surface area (Å²) in [4.78, 5) is 0. The van der Waals surface area contributed by atoms with Crippen molar-refractivity contribution in [3.63, 3.8) is 0 Å². The Balaban J connectivity index is 0.000000515. The zero-order valence-electron chi connectivity index (χ0n) is 24.8. The molecule has 6 aliphatic rings. The summed E-state index contributed by atoms with van der Waals surface area (Å²) in [6, 6.07) is 0. The van der Waals surface area contributed by atoms with Crippen LogP contribution in [0.15, 0.2) is 46.4 Å². The molecule has 3 aliphatic heterocycles. The van der Waals surface area contributed by atoms with Gasteiger partial charge in [0, 0.05) is 35.0 Å². The van der Waals surface area contributed by atoms with Gasteiger partial charge in [-0.2, -0.15) is 0 Å². The molecule has 0 spiro atoms. The molecule has 2 atom stereocenters. The minimum atomic E-state index is -0.343. The van der Waals surface area contributed by atoms with Crippen LogP contribution in [0.3, 0.4) is 0 Å².